The van der Waals surface area contributed by atoms with E-state index >= 15 is 0 Å². The number of benzene rings is 2. The lowest BCUT2D eigenvalue weighted by Crippen LogP contribution is -2.43. The van der Waals surface area contributed by atoms with E-state index in [4.69, 9.17) is 5.10 Å². The molecule has 2 aliphatic rings. The molecule has 10 heteroatoms. The van der Waals surface area contributed by atoms with E-state index in [0.29, 0.717) is 23.9 Å². The van der Waals surface area contributed by atoms with Gasteiger partial charge in [0, 0.05) is 42.0 Å². The van der Waals surface area contributed by atoms with Crippen molar-refractivity contribution in [3.63, 3.8) is 0 Å². The third kappa shape index (κ3) is 4.95. The predicted octanol–water partition coefficient (Wildman–Crippen LogP) is 5.12. The van der Waals surface area contributed by atoms with Gasteiger partial charge in [-0.05, 0) is 49.9 Å². The molecule has 0 radical (unpaired) electrons. The summed E-state index contributed by atoms with van der Waals surface area (Å²) in [5, 5.41) is 11.0. The van der Waals surface area contributed by atoms with Crippen molar-refractivity contribution < 1.29 is 13.6 Å². The fourth-order valence-corrected chi connectivity index (χ4v) is 6.20. The van der Waals surface area contributed by atoms with Crippen LogP contribution < -0.4 is 10.6 Å². The van der Waals surface area contributed by atoms with E-state index in [1.54, 1.807) is 17.1 Å². The molecule has 0 saturated carbocycles. The third-order valence-corrected chi connectivity index (χ3v) is 7.97. The number of aromatic nitrogens is 4. The maximum atomic E-state index is 13.6. The smallest absolute Gasteiger partial charge is 0.320 e. The first-order valence-corrected chi connectivity index (χ1v) is 13.5. The summed E-state index contributed by atoms with van der Waals surface area (Å²) < 4.78 is 28.6. The first kappa shape index (κ1) is 26.1. The van der Waals surface area contributed by atoms with Crippen LogP contribution in [0.5, 0.6) is 0 Å². The fraction of sp³-hybridized carbons (Fsp3) is 0.333. The van der Waals surface area contributed by atoms with E-state index in [1.165, 1.54) is 5.56 Å². The monoisotopic (exact) mass is 543 g/mol. The third-order valence-electron chi connectivity index (χ3n) is 7.97. The highest BCUT2D eigenvalue weighted by Gasteiger charge is 2.46. The van der Waals surface area contributed by atoms with Crippen LogP contribution in [0.25, 0.3) is 16.9 Å². The van der Waals surface area contributed by atoms with Crippen LogP contribution >= 0.6 is 0 Å². The van der Waals surface area contributed by atoms with Crippen molar-refractivity contribution in [2.45, 2.75) is 51.1 Å². The van der Waals surface area contributed by atoms with Crippen molar-refractivity contribution in [3.05, 3.63) is 89.5 Å². The summed E-state index contributed by atoms with van der Waals surface area (Å²) in [6, 6.07) is 16.9. The summed E-state index contributed by atoms with van der Waals surface area (Å²) in [5.41, 5.74) is 5.29. The highest BCUT2D eigenvalue weighted by atomic mass is 19.3. The molecule has 0 bridgehead atoms. The van der Waals surface area contributed by atoms with Crippen LogP contribution in [0, 0.1) is 13.8 Å². The van der Waals surface area contributed by atoms with Crippen LogP contribution in [0.1, 0.15) is 34.9 Å². The number of carbonyl (C=O) groups is 1. The van der Waals surface area contributed by atoms with Gasteiger partial charge in [0.1, 0.15) is 17.3 Å². The average Bonchev–Trinajstić information content (AvgIpc) is 3.46. The number of carbonyl (C=O) groups excluding carboxylic acids is 1. The fourth-order valence-electron chi connectivity index (χ4n) is 6.20. The largest absolute Gasteiger partial charge is 0.333 e. The Kier molecular flexibility index (Phi) is 7.02. The maximum absolute atomic E-state index is 13.6. The summed E-state index contributed by atoms with van der Waals surface area (Å²) >= 11 is 0. The lowest BCUT2D eigenvalue weighted by Gasteiger charge is -2.34. The SMILES string of the molecule is Cc1ncc(-c2nn(-c3ccccc3)c(NC(=O)N[C@@H]3CN(CC(F)F)[C@H]4CCc5ccccc5[C@@H]34)c2C)cn1. The Morgan fingerprint density at radius 3 is 2.52 bits per heavy atom. The molecule has 1 fully saturated rings. The van der Waals surface area contributed by atoms with Crippen LogP contribution in [-0.2, 0) is 6.42 Å². The second-order valence-electron chi connectivity index (χ2n) is 10.5. The normalized spacial score (nSPS) is 20.3. The van der Waals surface area contributed by atoms with Gasteiger partial charge in [0.15, 0.2) is 0 Å². The van der Waals surface area contributed by atoms with Crippen molar-refractivity contribution in [3.8, 4) is 16.9 Å². The van der Waals surface area contributed by atoms with Gasteiger partial charge in [-0.1, -0.05) is 42.5 Å². The second kappa shape index (κ2) is 10.8. The number of urea groups is 1. The topological polar surface area (TPSA) is 88.0 Å². The first-order valence-electron chi connectivity index (χ1n) is 13.5. The predicted molar refractivity (Wildman–Crippen MR) is 149 cm³/mol. The molecule has 40 heavy (non-hydrogen) atoms. The molecule has 3 atom stereocenters. The average molecular weight is 544 g/mol. The van der Waals surface area contributed by atoms with Crippen molar-refractivity contribution >= 4 is 11.8 Å². The number of halogens is 2. The van der Waals surface area contributed by atoms with E-state index in [1.807, 2.05) is 61.2 Å². The molecular formula is C30H31F2N7O. The van der Waals surface area contributed by atoms with Gasteiger partial charge in [-0.3, -0.25) is 10.2 Å². The number of fused-ring (bicyclic) bond motifs is 3. The van der Waals surface area contributed by atoms with E-state index in [2.05, 4.69) is 32.7 Å². The van der Waals surface area contributed by atoms with Crippen molar-refractivity contribution in [2.75, 3.05) is 18.4 Å². The molecule has 2 N–H and O–H groups in total. The summed E-state index contributed by atoms with van der Waals surface area (Å²) in [4.78, 5) is 24.0. The quantitative estimate of drug-likeness (QED) is 0.353. The summed E-state index contributed by atoms with van der Waals surface area (Å²) in [6.07, 6.45) is 2.63. The number of amides is 2. The molecule has 0 unspecified atom stereocenters. The van der Waals surface area contributed by atoms with Crippen LogP contribution in [0.4, 0.5) is 19.4 Å². The molecule has 1 aliphatic carbocycles. The van der Waals surface area contributed by atoms with Gasteiger partial charge in [-0.25, -0.2) is 28.2 Å². The zero-order valence-corrected chi connectivity index (χ0v) is 22.4. The van der Waals surface area contributed by atoms with Crippen molar-refractivity contribution in [1.82, 2.24) is 30.0 Å². The van der Waals surface area contributed by atoms with Crippen LogP contribution in [0.2, 0.25) is 0 Å². The number of para-hydroxylation sites is 1. The van der Waals surface area contributed by atoms with Crippen molar-refractivity contribution in [2.24, 2.45) is 0 Å². The van der Waals surface area contributed by atoms with E-state index in [-0.39, 0.29) is 24.5 Å². The standard InChI is InChI=1S/C30H31F2N7O/c1-18-28(21-14-33-19(2)34-15-21)37-39(22-9-4-3-5-10-22)29(18)36-30(40)35-24-16-38(17-26(31)32)25-13-12-20-8-6-7-11-23(20)27(24)25/h3-11,14-15,24-27H,12-13,16-17H2,1-2H3,(H2,35,36,40)/t24-,25+,27+/m1/s1. The number of alkyl halides is 2. The number of rotatable bonds is 6. The lowest BCUT2D eigenvalue weighted by atomic mass is 9.78. The molecule has 1 aliphatic heterocycles. The van der Waals surface area contributed by atoms with E-state index in [0.717, 1.165) is 35.2 Å². The molecular weight excluding hydrogens is 512 g/mol. The van der Waals surface area contributed by atoms with Crippen LogP contribution in [-0.4, -0.2) is 62.3 Å². The molecule has 1 saturated heterocycles. The summed E-state index contributed by atoms with van der Waals surface area (Å²) in [5.74, 6) is 1.11. The van der Waals surface area contributed by atoms with Crippen LogP contribution in [0.15, 0.2) is 67.0 Å². The molecule has 2 aromatic carbocycles. The zero-order chi connectivity index (χ0) is 27.8. The van der Waals surface area contributed by atoms with Gasteiger partial charge in [0.05, 0.1) is 18.3 Å². The molecule has 4 aromatic rings. The lowest BCUT2D eigenvalue weighted by molar-refractivity contribution is 0.0772. The minimum atomic E-state index is -2.43. The maximum Gasteiger partial charge on any atom is 0.320 e. The van der Waals surface area contributed by atoms with Crippen LogP contribution in [0.3, 0.4) is 0 Å². The highest BCUT2D eigenvalue weighted by molar-refractivity contribution is 5.91. The molecule has 2 amide bonds. The van der Waals surface area contributed by atoms with Gasteiger partial charge in [0.25, 0.3) is 6.43 Å². The Morgan fingerprint density at radius 2 is 1.77 bits per heavy atom. The van der Waals surface area contributed by atoms with E-state index in [9.17, 15) is 13.6 Å². The zero-order valence-electron chi connectivity index (χ0n) is 22.4. The van der Waals surface area contributed by atoms with Gasteiger partial charge in [-0.2, -0.15) is 5.10 Å². The van der Waals surface area contributed by atoms with Gasteiger partial charge in [0.2, 0.25) is 0 Å². The Hall–Kier alpha value is -4.18. The number of hydrogen-bond donors (Lipinski definition) is 2. The summed E-state index contributed by atoms with van der Waals surface area (Å²) in [6.45, 7) is 3.77. The Bertz CT molecular complexity index is 1510. The van der Waals surface area contributed by atoms with Gasteiger partial charge < -0.3 is 5.32 Å². The molecule has 3 heterocycles. The molecule has 206 valence electrons. The molecule has 0 spiro atoms. The summed E-state index contributed by atoms with van der Waals surface area (Å²) in [7, 11) is 0. The van der Waals surface area contributed by atoms with Gasteiger partial charge in [-0.15, -0.1) is 0 Å². The molecule has 6 rings (SSSR count). The highest BCUT2D eigenvalue weighted by Crippen LogP contribution is 2.42. The van der Waals surface area contributed by atoms with Gasteiger partial charge >= 0.3 is 6.03 Å². The number of anilines is 1. The first-order chi connectivity index (χ1) is 19.4. The number of nitrogens with one attached hydrogen (secondary N) is 2. The Balaban J connectivity index is 1.31. The number of nitrogens with zero attached hydrogens (tertiary/aromatic N) is 5. The Labute approximate surface area is 231 Å². The second-order valence-corrected chi connectivity index (χ2v) is 10.5. The number of aryl methyl sites for hydroxylation is 2. The number of hydrogen-bond acceptors (Lipinski definition) is 5. The molecule has 8 nitrogen and oxygen atoms in total. The number of likely N-dealkylation sites (tertiary alicyclic amines) is 1. The van der Waals surface area contributed by atoms with Crippen molar-refractivity contribution in [1.29, 1.82) is 0 Å². The van der Waals surface area contributed by atoms with E-state index < -0.39 is 12.5 Å². The Morgan fingerprint density at radius 1 is 1.05 bits per heavy atom. The molecule has 2 aromatic heterocycles. The minimum Gasteiger partial charge on any atom is -0.333 e. The minimum absolute atomic E-state index is 0.0427.